The average Bonchev–Trinajstić information content (AvgIpc) is 2.92. The van der Waals surface area contributed by atoms with Gasteiger partial charge in [-0.15, -0.1) is 0 Å². The summed E-state index contributed by atoms with van der Waals surface area (Å²) in [5.74, 6) is 0. The van der Waals surface area contributed by atoms with Crippen LogP contribution in [-0.2, 0) is 19.6 Å². The molecule has 2 aromatic rings. The molecule has 2 heteroatoms. The minimum Gasteiger partial charge on any atom is -0.392 e. The first-order chi connectivity index (χ1) is 9.78. The fourth-order valence-electron chi connectivity index (χ4n) is 3.14. The number of nitrogens with zero attached hydrogens (tertiary/aromatic N) is 1. The van der Waals surface area contributed by atoms with Crippen molar-refractivity contribution < 1.29 is 5.11 Å². The molecular formula is C18H21NO. The third kappa shape index (κ3) is 2.62. The highest BCUT2D eigenvalue weighted by Gasteiger charge is 2.25. The van der Waals surface area contributed by atoms with Gasteiger partial charge in [-0.3, -0.25) is 4.90 Å². The first-order valence-corrected chi connectivity index (χ1v) is 7.24. The molecule has 1 aliphatic carbocycles. The summed E-state index contributed by atoms with van der Waals surface area (Å²) in [6.45, 7) is 1.07. The van der Waals surface area contributed by atoms with Crippen LogP contribution in [0.25, 0.3) is 0 Å². The number of aliphatic hydroxyl groups is 1. The van der Waals surface area contributed by atoms with E-state index >= 15 is 0 Å². The van der Waals surface area contributed by atoms with Gasteiger partial charge in [0.05, 0.1) is 6.61 Å². The quantitative estimate of drug-likeness (QED) is 0.918. The minimum absolute atomic E-state index is 0.117. The molecule has 0 amide bonds. The van der Waals surface area contributed by atoms with Crippen molar-refractivity contribution in [2.45, 2.75) is 32.0 Å². The molecule has 0 saturated carbocycles. The van der Waals surface area contributed by atoms with Gasteiger partial charge in [0.15, 0.2) is 0 Å². The summed E-state index contributed by atoms with van der Waals surface area (Å²) in [4.78, 5) is 2.43. The van der Waals surface area contributed by atoms with Crippen LogP contribution in [0, 0.1) is 0 Å². The number of rotatable bonds is 4. The highest BCUT2D eigenvalue weighted by molar-refractivity contribution is 5.34. The lowest BCUT2D eigenvalue weighted by Gasteiger charge is -2.25. The lowest BCUT2D eigenvalue weighted by atomic mass is 10.1. The second-order valence-corrected chi connectivity index (χ2v) is 5.64. The Labute approximate surface area is 120 Å². The van der Waals surface area contributed by atoms with Crippen LogP contribution < -0.4 is 0 Å². The normalized spacial score (nSPS) is 17.4. The Balaban J connectivity index is 1.72. The predicted octanol–water partition coefficient (Wildman–Crippen LogP) is 3.30. The molecule has 0 saturated heterocycles. The summed E-state index contributed by atoms with van der Waals surface area (Å²) < 4.78 is 0. The summed E-state index contributed by atoms with van der Waals surface area (Å²) >= 11 is 0. The van der Waals surface area contributed by atoms with E-state index in [1.807, 2.05) is 12.1 Å². The molecule has 0 aliphatic heterocycles. The van der Waals surface area contributed by atoms with Gasteiger partial charge in [0.25, 0.3) is 0 Å². The Kier molecular flexibility index (Phi) is 3.86. The van der Waals surface area contributed by atoms with Crippen molar-refractivity contribution >= 4 is 0 Å². The van der Waals surface area contributed by atoms with E-state index in [2.05, 4.69) is 48.3 Å². The molecule has 0 bridgehead atoms. The SMILES string of the molecule is CN(Cc1ccc(CO)cc1)C1CCc2ccccc21. The Hall–Kier alpha value is -1.64. The van der Waals surface area contributed by atoms with E-state index in [-0.39, 0.29) is 6.61 Å². The van der Waals surface area contributed by atoms with E-state index in [0.717, 1.165) is 12.1 Å². The molecular weight excluding hydrogens is 246 g/mol. The predicted molar refractivity (Wildman–Crippen MR) is 81.3 cm³/mol. The van der Waals surface area contributed by atoms with Crippen LogP contribution in [0.3, 0.4) is 0 Å². The van der Waals surface area contributed by atoms with E-state index in [4.69, 9.17) is 5.11 Å². The molecule has 104 valence electrons. The van der Waals surface area contributed by atoms with E-state index in [0.29, 0.717) is 6.04 Å². The van der Waals surface area contributed by atoms with Crippen LogP contribution in [0.1, 0.15) is 34.7 Å². The molecule has 1 atom stereocenters. The number of fused-ring (bicyclic) bond motifs is 1. The van der Waals surface area contributed by atoms with Gasteiger partial charge in [-0.05, 0) is 42.1 Å². The zero-order valence-corrected chi connectivity index (χ0v) is 11.9. The van der Waals surface area contributed by atoms with Crippen molar-refractivity contribution in [3.05, 3.63) is 70.8 Å². The maximum Gasteiger partial charge on any atom is 0.0681 e. The third-order valence-electron chi connectivity index (χ3n) is 4.27. The van der Waals surface area contributed by atoms with Crippen LogP contribution in [0.15, 0.2) is 48.5 Å². The van der Waals surface area contributed by atoms with Gasteiger partial charge in [-0.25, -0.2) is 0 Å². The summed E-state index contributed by atoms with van der Waals surface area (Å²) in [7, 11) is 2.20. The van der Waals surface area contributed by atoms with Crippen LogP contribution in [-0.4, -0.2) is 17.1 Å². The van der Waals surface area contributed by atoms with Crippen molar-refractivity contribution in [3.63, 3.8) is 0 Å². The molecule has 2 nitrogen and oxygen atoms in total. The van der Waals surface area contributed by atoms with Crippen molar-refractivity contribution in [2.75, 3.05) is 7.05 Å². The highest BCUT2D eigenvalue weighted by atomic mass is 16.3. The Morgan fingerprint density at radius 1 is 1.05 bits per heavy atom. The third-order valence-corrected chi connectivity index (χ3v) is 4.27. The molecule has 2 aromatic carbocycles. The lowest BCUT2D eigenvalue weighted by molar-refractivity contribution is 0.236. The smallest absolute Gasteiger partial charge is 0.0681 e. The topological polar surface area (TPSA) is 23.5 Å². The largest absolute Gasteiger partial charge is 0.392 e. The summed E-state index contributed by atoms with van der Waals surface area (Å²) in [5.41, 5.74) is 5.26. The molecule has 1 unspecified atom stereocenters. The van der Waals surface area contributed by atoms with E-state index in [1.54, 1.807) is 0 Å². The van der Waals surface area contributed by atoms with Crippen molar-refractivity contribution in [1.82, 2.24) is 4.90 Å². The molecule has 1 N–H and O–H groups in total. The lowest BCUT2D eigenvalue weighted by Crippen LogP contribution is -2.22. The molecule has 0 fully saturated rings. The van der Waals surface area contributed by atoms with Crippen LogP contribution in [0.5, 0.6) is 0 Å². The Bertz CT molecular complexity index is 576. The van der Waals surface area contributed by atoms with Crippen molar-refractivity contribution in [2.24, 2.45) is 0 Å². The molecule has 0 spiro atoms. The minimum atomic E-state index is 0.117. The van der Waals surface area contributed by atoms with Gasteiger partial charge in [-0.1, -0.05) is 48.5 Å². The maximum atomic E-state index is 9.08. The Morgan fingerprint density at radius 3 is 2.50 bits per heavy atom. The fourth-order valence-corrected chi connectivity index (χ4v) is 3.14. The number of aryl methyl sites for hydroxylation is 1. The van der Waals surface area contributed by atoms with Gasteiger partial charge in [0, 0.05) is 12.6 Å². The van der Waals surface area contributed by atoms with Crippen molar-refractivity contribution in [1.29, 1.82) is 0 Å². The zero-order chi connectivity index (χ0) is 13.9. The first-order valence-electron chi connectivity index (χ1n) is 7.24. The molecule has 1 aliphatic rings. The first kappa shape index (κ1) is 13.3. The average molecular weight is 267 g/mol. The summed E-state index contributed by atoms with van der Waals surface area (Å²) in [6, 6.07) is 17.6. The number of hydrogen-bond acceptors (Lipinski definition) is 2. The Morgan fingerprint density at radius 2 is 1.75 bits per heavy atom. The molecule has 20 heavy (non-hydrogen) atoms. The summed E-state index contributed by atoms with van der Waals surface area (Å²) in [6.07, 6.45) is 2.40. The maximum absolute atomic E-state index is 9.08. The van der Waals surface area contributed by atoms with Gasteiger partial charge >= 0.3 is 0 Å². The number of aliphatic hydroxyl groups excluding tert-OH is 1. The van der Waals surface area contributed by atoms with E-state index in [1.165, 1.54) is 29.5 Å². The van der Waals surface area contributed by atoms with Crippen LogP contribution in [0.4, 0.5) is 0 Å². The standard InChI is InChI=1S/C18H21NO/c1-19(12-14-6-8-15(13-20)9-7-14)18-11-10-16-4-2-3-5-17(16)18/h2-9,18,20H,10-13H2,1H3. The molecule has 0 aromatic heterocycles. The molecule has 3 rings (SSSR count). The van der Waals surface area contributed by atoms with Crippen LogP contribution in [0.2, 0.25) is 0 Å². The second-order valence-electron chi connectivity index (χ2n) is 5.64. The van der Waals surface area contributed by atoms with Crippen molar-refractivity contribution in [3.8, 4) is 0 Å². The van der Waals surface area contributed by atoms with Gasteiger partial charge < -0.3 is 5.11 Å². The highest BCUT2D eigenvalue weighted by Crippen LogP contribution is 2.35. The summed E-state index contributed by atoms with van der Waals surface area (Å²) in [5, 5.41) is 9.08. The number of hydrogen-bond donors (Lipinski definition) is 1. The molecule has 0 heterocycles. The van der Waals surface area contributed by atoms with E-state index < -0.39 is 0 Å². The van der Waals surface area contributed by atoms with E-state index in [9.17, 15) is 0 Å². The van der Waals surface area contributed by atoms with Gasteiger partial charge in [0.1, 0.15) is 0 Å². The second kappa shape index (κ2) is 5.78. The number of benzene rings is 2. The monoisotopic (exact) mass is 267 g/mol. The van der Waals surface area contributed by atoms with Gasteiger partial charge in [0.2, 0.25) is 0 Å². The fraction of sp³-hybridized carbons (Fsp3) is 0.333. The van der Waals surface area contributed by atoms with Crippen LogP contribution >= 0.6 is 0 Å². The van der Waals surface area contributed by atoms with Gasteiger partial charge in [-0.2, -0.15) is 0 Å². The molecule has 0 radical (unpaired) electrons. The zero-order valence-electron chi connectivity index (χ0n) is 11.9.